The molecule has 0 N–H and O–H groups in total. The van der Waals surface area contributed by atoms with E-state index in [4.69, 9.17) is 0 Å². The molecule has 0 saturated carbocycles. The Kier molecular flexibility index (Phi) is 3.98. The molecular weight excluding hydrogens is 319 g/mol. The van der Waals surface area contributed by atoms with Gasteiger partial charge in [-0.25, -0.2) is 4.98 Å². The fourth-order valence-corrected chi connectivity index (χ4v) is 3.17. The maximum Gasteiger partial charge on any atom is 0.416 e. The Labute approximate surface area is 136 Å². The van der Waals surface area contributed by atoms with Crippen LogP contribution in [0.5, 0.6) is 0 Å². The van der Waals surface area contributed by atoms with Crippen molar-refractivity contribution < 1.29 is 13.2 Å². The molecule has 118 valence electrons. The first-order chi connectivity index (χ1) is 10.8. The molecule has 2 aromatic carbocycles. The second-order valence-corrected chi connectivity index (χ2v) is 6.47. The Bertz CT molecular complexity index is 835. The van der Waals surface area contributed by atoms with Crippen LogP contribution in [0.4, 0.5) is 13.2 Å². The Morgan fingerprint density at radius 1 is 0.957 bits per heavy atom. The van der Waals surface area contributed by atoms with Gasteiger partial charge in [0, 0.05) is 0 Å². The first kappa shape index (κ1) is 15.7. The highest BCUT2D eigenvalue weighted by Gasteiger charge is 2.29. The number of fused-ring (bicyclic) bond motifs is 1. The van der Waals surface area contributed by atoms with Crippen molar-refractivity contribution in [1.29, 1.82) is 0 Å². The van der Waals surface area contributed by atoms with Crippen LogP contribution in [-0.4, -0.2) is 4.98 Å². The average molecular weight is 333 g/mol. The predicted octanol–water partition coefficient (Wildman–Crippen LogP) is 6.10. The zero-order chi connectivity index (χ0) is 16.6. The molecule has 0 fully saturated rings. The number of hydrogen-bond acceptors (Lipinski definition) is 2. The van der Waals surface area contributed by atoms with Crippen molar-refractivity contribution in [2.24, 2.45) is 0 Å². The standard InChI is InChI=1S/C18H14F3NS/c1-11-9-15-16(10-12(11)2)23-17(22-15)8-5-13-3-6-14(7-4-13)18(19,20)21/h3-10H,1-2H3/b8-5+. The topological polar surface area (TPSA) is 12.9 Å². The second-order valence-electron chi connectivity index (χ2n) is 5.41. The summed E-state index contributed by atoms with van der Waals surface area (Å²) >= 11 is 1.57. The largest absolute Gasteiger partial charge is 0.416 e. The van der Waals surface area contributed by atoms with E-state index < -0.39 is 11.7 Å². The Hall–Kier alpha value is -2.14. The lowest BCUT2D eigenvalue weighted by Gasteiger charge is -2.05. The third-order valence-corrected chi connectivity index (χ3v) is 4.66. The Morgan fingerprint density at radius 2 is 1.61 bits per heavy atom. The molecule has 1 heterocycles. The molecule has 1 nitrogen and oxygen atoms in total. The van der Waals surface area contributed by atoms with Crippen molar-refractivity contribution in [2.45, 2.75) is 20.0 Å². The summed E-state index contributed by atoms with van der Waals surface area (Å²) in [5.41, 5.74) is 3.44. The van der Waals surface area contributed by atoms with Crippen molar-refractivity contribution in [1.82, 2.24) is 4.98 Å². The summed E-state index contributed by atoms with van der Waals surface area (Å²) in [4.78, 5) is 4.54. The van der Waals surface area contributed by atoms with Crippen LogP contribution in [0.3, 0.4) is 0 Å². The molecule has 0 amide bonds. The van der Waals surface area contributed by atoms with Crippen LogP contribution in [0.2, 0.25) is 0 Å². The molecular formula is C18H14F3NS. The van der Waals surface area contributed by atoms with Gasteiger partial charge in [-0.2, -0.15) is 13.2 Å². The number of halogens is 3. The lowest BCUT2D eigenvalue weighted by Crippen LogP contribution is -2.03. The van der Waals surface area contributed by atoms with E-state index in [1.54, 1.807) is 17.4 Å². The molecule has 0 radical (unpaired) electrons. The summed E-state index contributed by atoms with van der Waals surface area (Å²) in [5.74, 6) is 0. The highest BCUT2D eigenvalue weighted by Crippen LogP contribution is 2.30. The maximum atomic E-state index is 12.5. The summed E-state index contributed by atoms with van der Waals surface area (Å²) < 4.78 is 38.7. The van der Waals surface area contributed by atoms with Gasteiger partial charge < -0.3 is 0 Å². The maximum absolute atomic E-state index is 12.5. The average Bonchev–Trinajstić information content (AvgIpc) is 2.87. The Morgan fingerprint density at radius 3 is 2.26 bits per heavy atom. The minimum Gasteiger partial charge on any atom is -0.237 e. The zero-order valence-electron chi connectivity index (χ0n) is 12.6. The van der Waals surface area contributed by atoms with Gasteiger partial charge in [-0.05, 0) is 60.9 Å². The molecule has 23 heavy (non-hydrogen) atoms. The number of hydrogen-bond donors (Lipinski definition) is 0. The van der Waals surface area contributed by atoms with E-state index >= 15 is 0 Å². The van der Waals surface area contributed by atoms with E-state index in [2.05, 4.69) is 24.0 Å². The normalized spacial score (nSPS) is 12.4. The van der Waals surface area contributed by atoms with Gasteiger partial charge in [-0.1, -0.05) is 18.2 Å². The second kappa shape index (κ2) is 5.81. The molecule has 0 saturated heterocycles. The van der Waals surface area contributed by atoms with Crippen LogP contribution in [0, 0.1) is 13.8 Å². The number of thiazole rings is 1. The SMILES string of the molecule is Cc1cc2nc(/C=C/c3ccc(C(F)(F)F)cc3)sc2cc1C. The van der Waals surface area contributed by atoms with Gasteiger partial charge in [-0.15, -0.1) is 11.3 Å². The fourth-order valence-electron chi connectivity index (χ4n) is 2.22. The summed E-state index contributed by atoms with van der Waals surface area (Å²) in [6.07, 6.45) is -0.694. The quantitative estimate of drug-likeness (QED) is 0.552. The third kappa shape index (κ3) is 3.45. The zero-order valence-corrected chi connectivity index (χ0v) is 13.4. The van der Waals surface area contributed by atoms with Gasteiger partial charge in [0.2, 0.25) is 0 Å². The lowest BCUT2D eigenvalue weighted by atomic mass is 10.1. The highest BCUT2D eigenvalue weighted by atomic mass is 32.1. The fraction of sp³-hybridized carbons (Fsp3) is 0.167. The molecule has 0 bridgehead atoms. The predicted molar refractivity (Wildman–Crippen MR) is 89.5 cm³/mol. The number of rotatable bonds is 2. The van der Waals surface area contributed by atoms with Gasteiger partial charge in [-0.3, -0.25) is 0 Å². The summed E-state index contributed by atoms with van der Waals surface area (Å²) in [6, 6.07) is 9.26. The first-order valence-electron chi connectivity index (χ1n) is 7.06. The van der Waals surface area contributed by atoms with Crippen LogP contribution < -0.4 is 0 Å². The molecule has 0 aliphatic rings. The van der Waals surface area contributed by atoms with Gasteiger partial charge in [0.1, 0.15) is 5.01 Å². The van der Waals surface area contributed by atoms with Crippen molar-refractivity contribution in [3.63, 3.8) is 0 Å². The van der Waals surface area contributed by atoms with E-state index in [-0.39, 0.29) is 0 Å². The number of benzene rings is 2. The van der Waals surface area contributed by atoms with E-state index in [9.17, 15) is 13.2 Å². The Balaban J connectivity index is 1.85. The molecule has 3 aromatic rings. The van der Waals surface area contributed by atoms with Crippen molar-refractivity contribution >= 4 is 33.7 Å². The number of nitrogens with zero attached hydrogens (tertiary/aromatic N) is 1. The third-order valence-electron chi connectivity index (χ3n) is 3.68. The van der Waals surface area contributed by atoms with Crippen LogP contribution in [0.1, 0.15) is 27.3 Å². The van der Waals surface area contributed by atoms with Crippen LogP contribution >= 0.6 is 11.3 Å². The van der Waals surface area contributed by atoms with E-state index in [0.29, 0.717) is 5.56 Å². The highest BCUT2D eigenvalue weighted by molar-refractivity contribution is 7.19. The molecule has 0 aliphatic heterocycles. The number of aryl methyl sites for hydroxylation is 2. The van der Waals surface area contributed by atoms with E-state index in [1.807, 2.05) is 13.0 Å². The summed E-state index contributed by atoms with van der Waals surface area (Å²) in [5, 5.41) is 0.838. The van der Waals surface area contributed by atoms with Crippen LogP contribution in [-0.2, 0) is 6.18 Å². The lowest BCUT2D eigenvalue weighted by molar-refractivity contribution is -0.137. The summed E-state index contributed by atoms with van der Waals surface area (Å²) in [6.45, 7) is 4.11. The molecule has 5 heteroatoms. The minimum absolute atomic E-state index is 0.638. The van der Waals surface area contributed by atoms with Gasteiger partial charge in [0.05, 0.1) is 15.8 Å². The van der Waals surface area contributed by atoms with Crippen LogP contribution in [0.25, 0.3) is 22.4 Å². The molecule has 0 atom stereocenters. The van der Waals surface area contributed by atoms with Crippen LogP contribution in [0.15, 0.2) is 36.4 Å². The van der Waals surface area contributed by atoms with Gasteiger partial charge in [0.25, 0.3) is 0 Å². The van der Waals surface area contributed by atoms with E-state index in [1.165, 1.54) is 23.3 Å². The minimum atomic E-state index is -4.30. The monoisotopic (exact) mass is 333 g/mol. The van der Waals surface area contributed by atoms with Crippen molar-refractivity contribution in [3.05, 3.63) is 63.7 Å². The first-order valence-corrected chi connectivity index (χ1v) is 7.88. The van der Waals surface area contributed by atoms with E-state index in [0.717, 1.165) is 27.4 Å². The molecule has 0 spiro atoms. The van der Waals surface area contributed by atoms with Crippen molar-refractivity contribution in [2.75, 3.05) is 0 Å². The number of aromatic nitrogens is 1. The van der Waals surface area contributed by atoms with Gasteiger partial charge in [0.15, 0.2) is 0 Å². The van der Waals surface area contributed by atoms with Crippen molar-refractivity contribution in [3.8, 4) is 0 Å². The number of alkyl halides is 3. The molecule has 0 aliphatic carbocycles. The summed E-state index contributed by atoms with van der Waals surface area (Å²) in [7, 11) is 0. The van der Waals surface area contributed by atoms with Gasteiger partial charge >= 0.3 is 6.18 Å². The smallest absolute Gasteiger partial charge is 0.237 e. The molecule has 3 rings (SSSR count). The molecule has 0 unspecified atom stereocenters. The molecule has 1 aromatic heterocycles.